The molecule has 1 aliphatic carbocycles. The van der Waals surface area contributed by atoms with Crippen LogP contribution in [0.15, 0.2) is 24.5 Å². The maximum atomic E-state index is 13.5. The summed E-state index contributed by atoms with van der Waals surface area (Å²) in [6.45, 7) is 6.69. The number of thiazole rings is 1. The Morgan fingerprint density at radius 2 is 2.00 bits per heavy atom. The summed E-state index contributed by atoms with van der Waals surface area (Å²) < 4.78 is 41.2. The number of fused-ring (bicyclic) bond motifs is 3. The van der Waals surface area contributed by atoms with Gasteiger partial charge in [0.25, 0.3) is 0 Å². The van der Waals surface area contributed by atoms with Crippen LogP contribution < -0.4 is 0 Å². The number of aliphatic carboxylic acids is 1. The standard InChI is InChI=1S/C26H29F3N4O3S/c1-24(2)15(6-8-25(24,3)23(35)36)11-20(34)32-10-7-17-18-5-4-9-30-21(18)33(19(17)14-32)13-16-12-31-22(37-16)26(27,28)29/h4-5,9,12,15H,6-8,10-11,13-14H2,1-3H3,(H,35,36)/t15-,25+/m1/s1. The van der Waals surface area contributed by atoms with Gasteiger partial charge in [0.05, 0.1) is 18.5 Å². The molecule has 11 heteroatoms. The summed E-state index contributed by atoms with van der Waals surface area (Å²) in [5.41, 5.74) is 1.20. The van der Waals surface area contributed by atoms with E-state index < -0.39 is 28.0 Å². The van der Waals surface area contributed by atoms with Crippen molar-refractivity contribution in [1.29, 1.82) is 0 Å². The fraction of sp³-hybridized carbons (Fsp3) is 0.538. The first-order valence-electron chi connectivity index (χ1n) is 12.3. The Bertz CT molecular complexity index is 1380. The number of hydrogen-bond acceptors (Lipinski definition) is 5. The van der Waals surface area contributed by atoms with E-state index in [-0.39, 0.29) is 24.8 Å². The minimum absolute atomic E-state index is 0.0275. The van der Waals surface area contributed by atoms with Gasteiger partial charge in [-0.25, -0.2) is 9.97 Å². The molecular weight excluding hydrogens is 505 g/mol. The first-order chi connectivity index (χ1) is 17.3. The highest BCUT2D eigenvalue weighted by atomic mass is 32.1. The topological polar surface area (TPSA) is 88.3 Å². The third-order valence-corrected chi connectivity index (χ3v) is 9.83. The minimum Gasteiger partial charge on any atom is -0.481 e. The summed E-state index contributed by atoms with van der Waals surface area (Å²) in [6, 6.07) is 3.79. The summed E-state index contributed by atoms with van der Waals surface area (Å²) in [5, 5.41) is 9.87. The summed E-state index contributed by atoms with van der Waals surface area (Å²) in [6.07, 6.45) is 0.517. The van der Waals surface area contributed by atoms with E-state index in [1.807, 2.05) is 30.5 Å². The molecule has 37 heavy (non-hydrogen) atoms. The molecule has 0 saturated heterocycles. The smallest absolute Gasteiger partial charge is 0.443 e. The number of pyridine rings is 1. The second-order valence-electron chi connectivity index (χ2n) is 10.9. The highest BCUT2D eigenvalue weighted by molar-refractivity contribution is 7.11. The van der Waals surface area contributed by atoms with Crippen molar-refractivity contribution in [3.8, 4) is 0 Å². The zero-order chi connectivity index (χ0) is 26.8. The van der Waals surface area contributed by atoms with Gasteiger partial charge in [-0.3, -0.25) is 9.59 Å². The molecule has 5 rings (SSSR count). The van der Waals surface area contributed by atoms with Gasteiger partial charge in [-0.1, -0.05) is 13.8 Å². The maximum Gasteiger partial charge on any atom is 0.443 e. The molecule has 2 atom stereocenters. The molecule has 0 unspecified atom stereocenters. The maximum absolute atomic E-state index is 13.5. The predicted octanol–water partition coefficient (Wildman–Crippen LogP) is 5.36. The second kappa shape index (κ2) is 8.82. The molecule has 1 N–H and O–H groups in total. The van der Waals surface area contributed by atoms with Gasteiger partial charge >= 0.3 is 12.1 Å². The average Bonchev–Trinajstić information content (AvgIpc) is 3.50. The van der Waals surface area contributed by atoms with Gasteiger partial charge in [0.15, 0.2) is 5.01 Å². The van der Waals surface area contributed by atoms with Gasteiger partial charge < -0.3 is 14.6 Å². The van der Waals surface area contributed by atoms with Gasteiger partial charge in [0.1, 0.15) is 5.65 Å². The van der Waals surface area contributed by atoms with Crippen LogP contribution in [0.4, 0.5) is 13.2 Å². The highest BCUT2D eigenvalue weighted by Crippen LogP contribution is 2.57. The van der Waals surface area contributed by atoms with E-state index in [1.54, 1.807) is 18.0 Å². The van der Waals surface area contributed by atoms with Gasteiger partial charge in [-0.2, -0.15) is 13.2 Å². The zero-order valence-electron chi connectivity index (χ0n) is 20.9. The SMILES string of the molecule is CC1(C)[C@@H](CC(=O)N2CCc3c(n(Cc4cnc(C(F)(F)F)s4)c4ncccc34)C2)CC[C@@]1(C)C(=O)O. The number of carboxylic acid groups (broad SMARTS) is 1. The van der Waals surface area contributed by atoms with Gasteiger partial charge in [0.2, 0.25) is 5.91 Å². The lowest BCUT2D eigenvalue weighted by Crippen LogP contribution is -2.43. The van der Waals surface area contributed by atoms with E-state index in [9.17, 15) is 27.9 Å². The summed E-state index contributed by atoms with van der Waals surface area (Å²) in [7, 11) is 0. The Kier molecular flexibility index (Phi) is 6.12. The monoisotopic (exact) mass is 534 g/mol. The van der Waals surface area contributed by atoms with Crippen molar-refractivity contribution in [3.05, 3.63) is 45.7 Å². The Balaban J connectivity index is 1.41. The van der Waals surface area contributed by atoms with Crippen LogP contribution in [0.25, 0.3) is 11.0 Å². The molecule has 3 aromatic rings. The van der Waals surface area contributed by atoms with Crippen molar-refractivity contribution in [2.24, 2.45) is 16.7 Å². The van der Waals surface area contributed by atoms with Crippen LogP contribution in [0.2, 0.25) is 0 Å². The molecule has 0 spiro atoms. The average molecular weight is 535 g/mol. The number of aromatic nitrogens is 3. The Labute approximate surface area is 216 Å². The number of carbonyl (C=O) groups excluding carboxylic acids is 1. The fourth-order valence-electron chi connectivity index (χ4n) is 5.99. The minimum atomic E-state index is -4.49. The normalized spacial score (nSPS) is 23.4. The van der Waals surface area contributed by atoms with Gasteiger partial charge in [-0.15, -0.1) is 11.3 Å². The highest BCUT2D eigenvalue weighted by Gasteiger charge is 2.56. The van der Waals surface area contributed by atoms with E-state index in [1.165, 1.54) is 6.20 Å². The first-order valence-corrected chi connectivity index (χ1v) is 13.1. The van der Waals surface area contributed by atoms with Crippen molar-refractivity contribution in [2.45, 2.75) is 65.7 Å². The lowest BCUT2D eigenvalue weighted by Gasteiger charge is -2.39. The van der Waals surface area contributed by atoms with Crippen LogP contribution in [-0.2, 0) is 35.3 Å². The van der Waals surface area contributed by atoms with Crippen LogP contribution >= 0.6 is 11.3 Å². The number of carbonyl (C=O) groups is 2. The summed E-state index contributed by atoms with van der Waals surface area (Å²) >= 11 is 0.614. The number of alkyl halides is 3. The molecule has 1 aliphatic heterocycles. The van der Waals surface area contributed by atoms with E-state index in [2.05, 4.69) is 9.97 Å². The molecular formula is C26H29F3N4O3S. The molecule has 1 saturated carbocycles. The number of rotatable bonds is 5. The van der Waals surface area contributed by atoms with Crippen molar-refractivity contribution < 1.29 is 27.9 Å². The third-order valence-electron chi connectivity index (χ3n) is 8.81. The Morgan fingerprint density at radius 3 is 2.65 bits per heavy atom. The lowest BCUT2D eigenvalue weighted by atomic mass is 9.65. The van der Waals surface area contributed by atoms with Crippen LogP contribution in [0.5, 0.6) is 0 Å². The first kappa shape index (κ1) is 25.7. The van der Waals surface area contributed by atoms with E-state index in [0.717, 1.165) is 16.6 Å². The quantitative estimate of drug-likeness (QED) is 0.476. The Morgan fingerprint density at radius 1 is 1.24 bits per heavy atom. The van der Waals surface area contributed by atoms with Crippen molar-refractivity contribution in [2.75, 3.05) is 6.54 Å². The van der Waals surface area contributed by atoms with E-state index in [0.29, 0.717) is 54.2 Å². The van der Waals surface area contributed by atoms with E-state index in [4.69, 9.17) is 0 Å². The number of halogens is 3. The van der Waals surface area contributed by atoms with E-state index >= 15 is 0 Å². The summed E-state index contributed by atoms with van der Waals surface area (Å²) in [4.78, 5) is 35.7. The van der Waals surface area contributed by atoms with Crippen LogP contribution in [0.3, 0.4) is 0 Å². The number of carboxylic acids is 1. The fourth-order valence-corrected chi connectivity index (χ4v) is 6.76. The van der Waals surface area contributed by atoms with Crippen LogP contribution in [0, 0.1) is 16.7 Å². The van der Waals surface area contributed by atoms with Gasteiger partial charge in [0, 0.05) is 41.3 Å². The van der Waals surface area contributed by atoms with Gasteiger partial charge in [-0.05, 0) is 55.2 Å². The van der Waals surface area contributed by atoms with Crippen LogP contribution in [-0.4, -0.2) is 43.0 Å². The number of amides is 1. The molecule has 0 aromatic carbocycles. The third kappa shape index (κ3) is 4.20. The molecule has 7 nitrogen and oxygen atoms in total. The molecule has 3 aromatic heterocycles. The summed E-state index contributed by atoms with van der Waals surface area (Å²) in [5.74, 6) is -0.905. The zero-order valence-corrected chi connectivity index (χ0v) is 21.7. The molecule has 0 radical (unpaired) electrons. The number of nitrogens with zero attached hydrogens (tertiary/aromatic N) is 4. The van der Waals surface area contributed by atoms with Crippen molar-refractivity contribution in [3.63, 3.8) is 0 Å². The Hall–Kier alpha value is -2.95. The molecule has 2 aliphatic rings. The molecule has 1 fully saturated rings. The predicted molar refractivity (Wildman–Crippen MR) is 132 cm³/mol. The number of hydrogen-bond donors (Lipinski definition) is 1. The molecule has 198 valence electrons. The molecule has 1 amide bonds. The van der Waals surface area contributed by atoms with Crippen molar-refractivity contribution in [1.82, 2.24) is 19.4 Å². The lowest BCUT2D eigenvalue weighted by molar-refractivity contribution is -0.155. The van der Waals surface area contributed by atoms with Crippen molar-refractivity contribution >= 4 is 34.2 Å². The molecule has 4 heterocycles. The molecule has 0 bridgehead atoms. The van der Waals surface area contributed by atoms with Crippen LogP contribution in [0.1, 0.15) is 61.2 Å². The largest absolute Gasteiger partial charge is 0.481 e. The second-order valence-corrected chi connectivity index (χ2v) is 12.0.